The predicted octanol–water partition coefficient (Wildman–Crippen LogP) is 4.65. The normalized spacial score (nSPS) is 11.7. The summed E-state index contributed by atoms with van der Waals surface area (Å²) in [5.41, 5.74) is 2.62. The minimum absolute atomic E-state index is 0.282. The van der Waals surface area contributed by atoms with Gasteiger partial charge in [-0.05, 0) is 55.0 Å². The lowest BCUT2D eigenvalue weighted by atomic mass is 10.0. The minimum Gasteiger partial charge on any atom is -0.497 e. The van der Waals surface area contributed by atoms with E-state index in [0.717, 1.165) is 33.5 Å². The molecule has 1 amide bonds. The average Bonchev–Trinajstić information content (AvgIpc) is 3.21. The number of H-pyrrole nitrogens is 1. The zero-order chi connectivity index (χ0) is 21.8. The first kappa shape index (κ1) is 20.3. The van der Waals surface area contributed by atoms with Crippen molar-refractivity contribution in [2.24, 2.45) is 0 Å². The van der Waals surface area contributed by atoms with Gasteiger partial charge in [0.1, 0.15) is 17.2 Å². The first-order valence-corrected chi connectivity index (χ1v) is 9.82. The van der Waals surface area contributed by atoms with Gasteiger partial charge in [0.2, 0.25) is 0 Å². The van der Waals surface area contributed by atoms with Crippen molar-refractivity contribution in [2.45, 2.75) is 13.0 Å². The summed E-state index contributed by atoms with van der Waals surface area (Å²) in [5, 5.41) is 10.9. The average molecular weight is 417 g/mol. The van der Waals surface area contributed by atoms with Crippen LogP contribution in [0, 0.1) is 0 Å². The SMILES string of the molecule is COc1ccc(OC)c(-c2ccc3c(NC(=O)C(C)Oc4ccccc4)n[nH]c3c2)c1. The Morgan fingerprint density at radius 1 is 0.968 bits per heavy atom. The molecular weight excluding hydrogens is 394 g/mol. The summed E-state index contributed by atoms with van der Waals surface area (Å²) in [5.74, 6) is 2.28. The van der Waals surface area contributed by atoms with Gasteiger partial charge in [0, 0.05) is 10.9 Å². The summed E-state index contributed by atoms with van der Waals surface area (Å²) < 4.78 is 16.5. The highest BCUT2D eigenvalue weighted by atomic mass is 16.5. The van der Waals surface area contributed by atoms with Crippen molar-refractivity contribution >= 4 is 22.6 Å². The number of aromatic amines is 1. The summed E-state index contributed by atoms with van der Waals surface area (Å²) in [4.78, 5) is 12.6. The second-order valence-corrected chi connectivity index (χ2v) is 6.96. The van der Waals surface area contributed by atoms with Gasteiger partial charge in [-0.25, -0.2) is 0 Å². The fourth-order valence-corrected chi connectivity index (χ4v) is 3.30. The smallest absolute Gasteiger partial charge is 0.266 e. The number of amides is 1. The topological polar surface area (TPSA) is 85.5 Å². The van der Waals surface area contributed by atoms with E-state index in [0.29, 0.717) is 11.6 Å². The van der Waals surface area contributed by atoms with Gasteiger partial charge in [0.15, 0.2) is 11.9 Å². The number of hydrogen-bond donors (Lipinski definition) is 2. The number of benzene rings is 3. The Morgan fingerprint density at radius 2 is 1.77 bits per heavy atom. The Hall–Kier alpha value is -4.00. The number of ether oxygens (including phenoxy) is 3. The molecule has 7 nitrogen and oxygen atoms in total. The van der Waals surface area contributed by atoms with E-state index < -0.39 is 6.10 Å². The van der Waals surface area contributed by atoms with Crippen molar-refractivity contribution in [1.82, 2.24) is 10.2 Å². The molecule has 0 aliphatic heterocycles. The molecule has 0 saturated heterocycles. The van der Waals surface area contributed by atoms with Crippen LogP contribution in [-0.4, -0.2) is 36.4 Å². The van der Waals surface area contributed by atoms with E-state index in [-0.39, 0.29) is 5.91 Å². The van der Waals surface area contributed by atoms with Crippen molar-refractivity contribution in [2.75, 3.05) is 19.5 Å². The summed E-state index contributed by atoms with van der Waals surface area (Å²) in [6.45, 7) is 1.70. The standard InChI is InChI=1S/C24H23N3O4/c1-15(31-17-7-5-4-6-8-17)24(28)25-23-19-11-9-16(13-21(19)26-27-23)20-14-18(29-2)10-12-22(20)30-3/h4-15H,1-3H3,(H2,25,26,27,28). The zero-order valence-corrected chi connectivity index (χ0v) is 17.5. The predicted molar refractivity (Wildman–Crippen MR) is 120 cm³/mol. The first-order valence-electron chi connectivity index (χ1n) is 9.82. The van der Waals surface area contributed by atoms with E-state index >= 15 is 0 Å². The molecule has 31 heavy (non-hydrogen) atoms. The van der Waals surface area contributed by atoms with Gasteiger partial charge in [-0.1, -0.05) is 24.3 Å². The van der Waals surface area contributed by atoms with Crippen LogP contribution < -0.4 is 19.5 Å². The number of nitrogens with zero attached hydrogens (tertiary/aromatic N) is 1. The molecule has 4 rings (SSSR count). The molecule has 0 spiro atoms. The number of aromatic nitrogens is 2. The van der Waals surface area contributed by atoms with Crippen LogP contribution in [-0.2, 0) is 4.79 Å². The fraction of sp³-hybridized carbons (Fsp3) is 0.167. The molecule has 7 heteroatoms. The Labute approximate surface area is 180 Å². The third-order valence-corrected chi connectivity index (χ3v) is 4.95. The van der Waals surface area contributed by atoms with E-state index in [2.05, 4.69) is 15.5 Å². The van der Waals surface area contributed by atoms with Crippen molar-refractivity contribution in [3.8, 4) is 28.4 Å². The molecule has 158 valence electrons. The number of nitrogens with one attached hydrogen (secondary N) is 2. The van der Waals surface area contributed by atoms with Gasteiger partial charge in [-0.3, -0.25) is 9.89 Å². The summed E-state index contributed by atoms with van der Waals surface area (Å²) in [7, 11) is 3.26. The second-order valence-electron chi connectivity index (χ2n) is 6.96. The lowest BCUT2D eigenvalue weighted by Gasteiger charge is -2.14. The molecule has 0 bridgehead atoms. The van der Waals surface area contributed by atoms with E-state index in [1.54, 1.807) is 21.1 Å². The summed E-state index contributed by atoms with van der Waals surface area (Å²) in [6, 6.07) is 20.7. The van der Waals surface area contributed by atoms with Gasteiger partial charge in [-0.15, -0.1) is 0 Å². The summed E-state index contributed by atoms with van der Waals surface area (Å²) in [6.07, 6.45) is -0.672. The largest absolute Gasteiger partial charge is 0.497 e. The highest BCUT2D eigenvalue weighted by Crippen LogP contribution is 2.35. The lowest BCUT2D eigenvalue weighted by Crippen LogP contribution is -2.30. The van der Waals surface area contributed by atoms with Crippen LogP contribution in [0.4, 0.5) is 5.82 Å². The molecule has 1 atom stereocenters. The molecular formula is C24H23N3O4. The molecule has 4 aromatic rings. The van der Waals surface area contributed by atoms with Gasteiger partial charge in [-0.2, -0.15) is 5.10 Å². The molecule has 2 N–H and O–H groups in total. The van der Waals surface area contributed by atoms with Crippen molar-refractivity contribution in [3.05, 3.63) is 66.7 Å². The van der Waals surface area contributed by atoms with Gasteiger partial charge in [0.05, 0.1) is 19.7 Å². The first-order chi connectivity index (χ1) is 15.1. The third kappa shape index (κ3) is 4.30. The van der Waals surface area contributed by atoms with E-state index in [4.69, 9.17) is 14.2 Å². The highest BCUT2D eigenvalue weighted by molar-refractivity contribution is 6.02. The van der Waals surface area contributed by atoms with E-state index in [9.17, 15) is 4.79 Å². The Balaban J connectivity index is 1.56. The third-order valence-electron chi connectivity index (χ3n) is 4.95. The van der Waals surface area contributed by atoms with Crippen LogP contribution >= 0.6 is 0 Å². The molecule has 3 aromatic carbocycles. The molecule has 0 saturated carbocycles. The van der Waals surface area contributed by atoms with E-state index in [1.165, 1.54) is 0 Å². The maximum Gasteiger partial charge on any atom is 0.266 e. The molecule has 0 aliphatic carbocycles. The highest BCUT2D eigenvalue weighted by Gasteiger charge is 2.18. The lowest BCUT2D eigenvalue weighted by molar-refractivity contribution is -0.122. The number of carbonyl (C=O) groups excluding carboxylic acids is 1. The molecule has 0 fully saturated rings. The number of carbonyl (C=O) groups is 1. The number of para-hydroxylation sites is 1. The fourth-order valence-electron chi connectivity index (χ4n) is 3.30. The van der Waals surface area contributed by atoms with Crippen LogP contribution in [0.25, 0.3) is 22.0 Å². The maximum absolute atomic E-state index is 12.6. The van der Waals surface area contributed by atoms with Crippen molar-refractivity contribution in [3.63, 3.8) is 0 Å². The van der Waals surface area contributed by atoms with Crippen molar-refractivity contribution < 1.29 is 19.0 Å². The van der Waals surface area contributed by atoms with Gasteiger partial charge in [0.25, 0.3) is 5.91 Å². The monoisotopic (exact) mass is 417 g/mol. The second kappa shape index (κ2) is 8.79. The molecule has 0 radical (unpaired) electrons. The van der Waals surface area contributed by atoms with Crippen molar-refractivity contribution in [1.29, 1.82) is 0 Å². The minimum atomic E-state index is -0.672. The molecule has 1 heterocycles. The number of fused-ring (bicyclic) bond motifs is 1. The Bertz CT molecular complexity index is 1200. The van der Waals surface area contributed by atoms with E-state index in [1.807, 2.05) is 66.7 Å². The summed E-state index contributed by atoms with van der Waals surface area (Å²) >= 11 is 0. The quantitative estimate of drug-likeness (QED) is 0.457. The number of methoxy groups -OCH3 is 2. The van der Waals surface area contributed by atoms with Crippen LogP contribution in [0.2, 0.25) is 0 Å². The molecule has 1 aromatic heterocycles. The molecule has 0 aliphatic rings. The van der Waals surface area contributed by atoms with Gasteiger partial charge >= 0.3 is 0 Å². The van der Waals surface area contributed by atoms with Gasteiger partial charge < -0.3 is 19.5 Å². The van der Waals surface area contributed by atoms with Crippen LogP contribution in [0.15, 0.2) is 66.7 Å². The number of hydrogen-bond acceptors (Lipinski definition) is 5. The number of anilines is 1. The number of rotatable bonds is 7. The van der Waals surface area contributed by atoms with Crippen LogP contribution in [0.1, 0.15) is 6.92 Å². The Kier molecular flexibility index (Phi) is 5.75. The Morgan fingerprint density at radius 3 is 2.52 bits per heavy atom. The van der Waals surface area contributed by atoms with Crippen LogP contribution in [0.5, 0.6) is 17.2 Å². The maximum atomic E-state index is 12.6. The molecule has 1 unspecified atom stereocenters. The zero-order valence-electron chi connectivity index (χ0n) is 17.5. The van der Waals surface area contributed by atoms with Crippen LogP contribution in [0.3, 0.4) is 0 Å².